The summed E-state index contributed by atoms with van der Waals surface area (Å²) in [6, 6.07) is 12.4. The third-order valence-corrected chi connectivity index (χ3v) is 6.86. The predicted octanol–water partition coefficient (Wildman–Crippen LogP) is 5.48. The van der Waals surface area contributed by atoms with Crippen LogP contribution in [0.25, 0.3) is 0 Å². The van der Waals surface area contributed by atoms with Crippen molar-refractivity contribution in [1.29, 1.82) is 0 Å². The van der Waals surface area contributed by atoms with Crippen molar-refractivity contribution < 1.29 is 23.2 Å². The van der Waals surface area contributed by atoms with E-state index in [1.165, 1.54) is 74.3 Å². The maximum absolute atomic E-state index is 13.6. The molecule has 0 fully saturated rings. The molecule has 228 valence electrons. The van der Waals surface area contributed by atoms with Crippen LogP contribution in [0.2, 0.25) is 0 Å². The normalized spacial score (nSPS) is 10.1. The fourth-order valence-corrected chi connectivity index (χ4v) is 4.18. The van der Waals surface area contributed by atoms with Gasteiger partial charge >= 0.3 is 0 Å². The van der Waals surface area contributed by atoms with Gasteiger partial charge < -0.3 is 11.5 Å². The summed E-state index contributed by atoms with van der Waals surface area (Å²) in [5.74, 6) is 0.298. The lowest BCUT2D eigenvalue weighted by atomic mass is 10.1. The van der Waals surface area contributed by atoms with Gasteiger partial charge in [-0.1, -0.05) is 67.7 Å². The summed E-state index contributed by atoms with van der Waals surface area (Å²) in [4.78, 5) is 44.7. The minimum absolute atomic E-state index is 0.0336. The molecule has 4 N–H and O–H groups in total. The number of rotatable bonds is 8. The summed E-state index contributed by atoms with van der Waals surface area (Å²) < 4.78 is 25.9. The molecule has 2 aromatic carbocycles. The molecule has 0 saturated carbocycles. The van der Waals surface area contributed by atoms with Crippen LogP contribution in [0.3, 0.4) is 0 Å². The van der Waals surface area contributed by atoms with Crippen LogP contribution in [-0.2, 0) is 4.84 Å². The molecular formula is C29H33F2N7O3S2. The molecule has 4 rings (SSSR count). The zero-order chi connectivity index (χ0) is 31.9. The molecule has 10 nitrogen and oxygen atoms in total. The van der Waals surface area contributed by atoms with E-state index in [1.54, 1.807) is 25.1 Å². The van der Waals surface area contributed by atoms with E-state index in [9.17, 15) is 18.4 Å². The highest BCUT2D eigenvalue weighted by Crippen LogP contribution is 2.20. The molecule has 0 aliphatic carbocycles. The number of thioether (sulfide) groups is 2. The highest BCUT2D eigenvalue weighted by atomic mass is 32.2. The van der Waals surface area contributed by atoms with Gasteiger partial charge in [-0.15, -0.1) is 0 Å². The number of nitrogen functional groups attached to an aromatic ring is 2. The van der Waals surface area contributed by atoms with Gasteiger partial charge in [-0.2, -0.15) is 0 Å². The molecule has 2 heterocycles. The number of aryl methyl sites for hydroxylation is 1. The maximum atomic E-state index is 13.6. The SMILES string of the molecule is CCSc1ncc(C(=O)N(C)OC)c(N)n1.CCSc1ncc(C(=O)c2ccccc2F)c(N)n1.Cc1ccccc1F. The fourth-order valence-electron chi connectivity index (χ4n) is 3.09. The number of hydroxylamine groups is 2. The van der Waals surface area contributed by atoms with E-state index in [-0.39, 0.29) is 40.1 Å². The topological polar surface area (TPSA) is 150 Å². The van der Waals surface area contributed by atoms with Crippen molar-refractivity contribution >= 4 is 46.8 Å². The zero-order valence-corrected chi connectivity index (χ0v) is 26.0. The van der Waals surface area contributed by atoms with Gasteiger partial charge in [0.05, 0.1) is 18.2 Å². The second kappa shape index (κ2) is 17.7. The van der Waals surface area contributed by atoms with Crippen molar-refractivity contribution in [3.63, 3.8) is 0 Å². The summed E-state index contributed by atoms with van der Waals surface area (Å²) >= 11 is 2.89. The number of anilines is 2. The van der Waals surface area contributed by atoms with Crippen LogP contribution in [0.1, 0.15) is 45.7 Å². The summed E-state index contributed by atoms with van der Waals surface area (Å²) in [5, 5.41) is 2.14. The third kappa shape index (κ3) is 10.6. The van der Waals surface area contributed by atoms with E-state index >= 15 is 0 Å². The van der Waals surface area contributed by atoms with Crippen molar-refractivity contribution in [3.8, 4) is 0 Å². The first-order valence-electron chi connectivity index (χ1n) is 12.9. The highest BCUT2D eigenvalue weighted by Gasteiger charge is 2.18. The molecular weight excluding hydrogens is 596 g/mol. The number of amides is 1. The van der Waals surface area contributed by atoms with E-state index < -0.39 is 11.6 Å². The molecule has 0 aliphatic rings. The van der Waals surface area contributed by atoms with Gasteiger partial charge in [0, 0.05) is 19.4 Å². The Hall–Kier alpha value is -4.14. The van der Waals surface area contributed by atoms with Crippen LogP contribution in [0, 0.1) is 18.6 Å². The predicted molar refractivity (Wildman–Crippen MR) is 166 cm³/mol. The standard InChI is InChI=1S/C13H12FN3OS.C9H14N4O2S.C7H7F/c1-2-19-13-16-7-9(12(15)17-13)11(18)8-5-3-4-6-10(8)14;1-4-16-9-11-5-6(7(10)12-9)8(14)13(2)15-3;1-6-4-2-3-5-7(6)8/h3-7H,2H2,1H3,(H2,15,16,17);5H,4H2,1-3H3,(H2,10,11,12);2-5H,1H3. The Bertz CT molecular complexity index is 1510. The number of carbonyl (C=O) groups is 2. The Morgan fingerprint density at radius 3 is 1.72 bits per heavy atom. The molecule has 0 bridgehead atoms. The quantitative estimate of drug-likeness (QED) is 0.110. The molecule has 4 aromatic rings. The first-order valence-corrected chi connectivity index (χ1v) is 14.8. The lowest BCUT2D eigenvalue weighted by molar-refractivity contribution is -0.0756. The molecule has 0 unspecified atom stereocenters. The lowest BCUT2D eigenvalue weighted by Crippen LogP contribution is -2.26. The molecule has 2 aromatic heterocycles. The van der Waals surface area contributed by atoms with E-state index in [1.807, 2.05) is 19.9 Å². The Balaban J connectivity index is 0.000000243. The summed E-state index contributed by atoms with van der Waals surface area (Å²) in [6.07, 6.45) is 2.76. The number of halogens is 2. The van der Waals surface area contributed by atoms with Crippen LogP contribution in [0.4, 0.5) is 20.4 Å². The molecule has 0 atom stereocenters. The van der Waals surface area contributed by atoms with Gasteiger partial charge in [0.15, 0.2) is 10.3 Å². The van der Waals surface area contributed by atoms with Crippen LogP contribution in [0.15, 0.2) is 71.2 Å². The average molecular weight is 630 g/mol. The van der Waals surface area contributed by atoms with Crippen LogP contribution < -0.4 is 11.5 Å². The minimum Gasteiger partial charge on any atom is -0.383 e. The Kier molecular flexibility index (Phi) is 14.5. The van der Waals surface area contributed by atoms with Gasteiger partial charge in [-0.3, -0.25) is 14.4 Å². The summed E-state index contributed by atoms with van der Waals surface area (Å²) in [6.45, 7) is 5.69. The number of nitrogens with two attached hydrogens (primary N) is 2. The molecule has 0 spiro atoms. The van der Waals surface area contributed by atoms with Crippen molar-refractivity contribution in [2.24, 2.45) is 0 Å². The number of hydrogen-bond donors (Lipinski definition) is 2. The van der Waals surface area contributed by atoms with E-state index in [2.05, 4.69) is 19.9 Å². The molecule has 0 saturated heterocycles. The second-order valence-electron chi connectivity index (χ2n) is 8.31. The molecule has 0 radical (unpaired) electrons. The Labute approximate surface area is 257 Å². The molecule has 1 amide bonds. The number of benzene rings is 2. The highest BCUT2D eigenvalue weighted by molar-refractivity contribution is 7.99. The van der Waals surface area contributed by atoms with Gasteiger partial charge in [0.25, 0.3) is 5.91 Å². The van der Waals surface area contributed by atoms with Crippen molar-refractivity contribution in [3.05, 3.63) is 94.8 Å². The fraction of sp³-hybridized carbons (Fsp3) is 0.241. The zero-order valence-electron chi connectivity index (χ0n) is 24.4. The smallest absolute Gasteiger partial charge is 0.282 e. The monoisotopic (exact) mass is 629 g/mol. The first kappa shape index (κ1) is 35.1. The van der Waals surface area contributed by atoms with Gasteiger partial charge in [0.2, 0.25) is 5.78 Å². The first-order chi connectivity index (χ1) is 20.5. The number of ketones is 1. The van der Waals surface area contributed by atoms with Crippen molar-refractivity contribution in [2.45, 2.75) is 31.1 Å². The van der Waals surface area contributed by atoms with Gasteiger partial charge in [0.1, 0.15) is 28.8 Å². The summed E-state index contributed by atoms with van der Waals surface area (Å²) in [5.41, 5.74) is 12.4. The number of aromatic nitrogens is 4. The van der Waals surface area contributed by atoms with E-state index in [0.29, 0.717) is 15.9 Å². The van der Waals surface area contributed by atoms with Crippen molar-refractivity contribution in [2.75, 3.05) is 37.1 Å². The van der Waals surface area contributed by atoms with E-state index in [0.717, 1.165) is 16.6 Å². The second-order valence-corrected chi connectivity index (χ2v) is 10.8. The molecule has 14 heteroatoms. The van der Waals surface area contributed by atoms with Crippen LogP contribution in [0.5, 0.6) is 0 Å². The summed E-state index contributed by atoms with van der Waals surface area (Å²) in [7, 11) is 2.90. The number of carbonyl (C=O) groups excluding carboxylic acids is 2. The van der Waals surface area contributed by atoms with Crippen LogP contribution in [-0.4, -0.2) is 62.4 Å². The van der Waals surface area contributed by atoms with Crippen LogP contribution >= 0.6 is 23.5 Å². The molecule has 0 aliphatic heterocycles. The number of nitrogens with zero attached hydrogens (tertiary/aromatic N) is 5. The minimum atomic E-state index is -0.584. The Morgan fingerprint density at radius 2 is 1.30 bits per heavy atom. The average Bonchev–Trinajstić information content (AvgIpc) is 2.99. The lowest BCUT2D eigenvalue weighted by Gasteiger charge is -2.14. The molecule has 43 heavy (non-hydrogen) atoms. The third-order valence-electron chi connectivity index (χ3n) is 5.37. The Morgan fingerprint density at radius 1 is 0.814 bits per heavy atom. The number of hydrogen-bond acceptors (Lipinski definition) is 11. The largest absolute Gasteiger partial charge is 0.383 e. The van der Waals surface area contributed by atoms with E-state index in [4.69, 9.17) is 16.3 Å². The van der Waals surface area contributed by atoms with Gasteiger partial charge in [-0.25, -0.2) is 33.8 Å². The van der Waals surface area contributed by atoms with Crippen molar-refractivity contribution in [1.82, 2.24) is 25.0 Å². The maximum Gasteiger partial charge on any atom is 0.282 e. The van der Waals surface area contributed by atoms with Gasteiger partial charge in [-0.05, 0) is 42.2 Å².